The van der Waals surface area contributed by atoms with Gasteiger partial charge in [-0.15, -0.1) is 5.92 Å². The van der Waals surface area contributed by atoms with Crippen LogP contribution in [-0.2, 0) is 4.74 Å². The predicted octanol–water partition coefficient (Wildman–Crippen LogP) is 2.27. The van der Waals surface area contributed by atoms with Crippen LogP contribution in [0.1, 0.15) is 33.3 Å². The van der Waals surface area contributed by atoms with Crippen molar-refractivity contribution in [2.45, 2.75) is 39.3 Å². The molecule has 6 heteroatoms. The molecule has 24 heavy (non-hydrogen) atoms. The number of ether oxygens (including phenoxy) is 2. The van der Waals surface area contributed by atoms with Gasteiger partial charge in [0.1, 0.15) is 12.2 Å². The van der Waals surface area contributed by atoms with Gasteiger partial charge >= 0.3 is 6.09 Å². The third-order valence-corrected chi connectivity index (χ3v) is 3.94. The van der Waals surface area contributed by atoms with Gasteiger partial charge in [-0.05, 0) is 27.7 Å². The highest BCUT2D eigenvalue weighted by Crippen LogP contribution is 2.34. The molecule has 0 unspecified atom stereocenters. The number of hydrogen-bond donors (Lipinski definition) is 0. The molecule has 1 aromatic heterocycles. The van der Waals surface area contributed by atoms with Crippen molar-refractivity contribution in [3.8, 4) is 17.6 Å². The maximum atomic E-state index is 12.3. The lowest BCUT2D eigenvalue weighted by atomic mass is 10.1. The summed E-state index contributed by atoms with van der Waals surface area (Å²) >= 11 is 0. The Morgan fingerprint density at radius 2 is 2.21 bits per heavy atom. The largest absolute Gasteiger partial charge is 0.487 e. The molecule has 2 aliphatic heterocycles. The second-order valence-corrected chi connectivity index (χ2v) is 7.01. The Bertz CT molecular complexity index is 700. The van der Waals surface area contributed by atoms with Crippen molar-refractivity contribution in [3.05, 3.63) is 17.8 Å². The van der Waals surface area contributed by atoms with Crippen LogP contribution in [0.5, 0.6) is 5.75 Å². The highest BCUT2D eigenvalue weighted by atomic mass is 16.6. The molecule has 1 saturated heterocycles. The molecule has 0 aromatic carbocycles. The van der Waals surface area contributed by atoms with Gasteiger partial charge in [0.15, 0.2) is 11.6 Å². The maximum Gasteiger partial charge on any atom is 0.410 e. The Morgan fingerprint density at radius 3 is 2.92 bits per heavy atom. The standard InChI is InChI=1S/C18H23N3O3/c1-5-6-13-9-15-16(19-10-13)21-8-7-20(11-14(21)12-23-15)17(22)24-18(2,3)4/h9-10,14H,7-8,11-12H2,1-4H3/t14-/m0/s1. The van der Waals surface area contributed by atoms with Crippen LogP contribution in [0.3, 0.4) is 0 Å². The molecule has 0 saturated carbocycles. The Labute approximate surface area is 142 Å². The lowest BCUT2D eigenvalue weighted by Gasteiger charge is -2.44. The van der Waals surface area contributed by atoms with E-state index >= 15 is 0 Å². The number of carbonyl (C=O) groups excluding carboxylic acids is 1. The summed E-state index contributed by atoms with van der Waals surface area (Å²) in [4.78, 5) is 20.7. The molecular weight excluding hydrogens is 306 g/mol. The predicted molar refractivity (Wildman–Crippen MR) is 91.2 cm³/mol. The van der Waals surface area contributed by atoms with E-state index in [9.17, 15) is 4.79 Å². The molecule has 0 bridgehead atoms. The number of fused-ring (bicyclic) bond motifs is 3. The van der Waals surface area contributed by atoms with E-state index in [1.54, 1.807) is 18.0 Å². The molecule has 2 aliphatic rings. The minimum atomic E-state index is -0.484. The highest BCUT2D eigenvalue weighted by molar-refractivity contribution is 5.69. The van der Waals surface area contributed by atoms with E-state index in [1.165, 1.54) is 0 Å². The average Bonchev–Trinajstić information content (AvgIpc) is 2.52. The van der Waals surface area contributed by atoms with Crippen LogP contribution in [0.15, 0.2) is 12.3 Å². The summed E-state index contributed by atoms with van der Waals surface area (Å²) in [7, 11) is 0. The molecule has 3 heterocycles. The van der Waals surface area contributed by atoms with Crippen LogP contribution < -0.4 is 9.64 Å². The van der Waals surface area contributed by atoms with Crippen molar-refractivity contribution in [3.63, 3.8) is 0 Å². The van der Waals surface area contributed by atoms with Gasteiger partial charge < -0.3 is 19.3 Å². The van der Waals surface area contributed by atoms with Gasteiger partial charge in [-0.1, -0.05) is 5.92 Å². The van der Waals surface area contributed by atoms with E-state index in [0.29, 0.717) is 26.2 Å². The fourth-order valence-corrected chi connectivity index (χ4v) is 2.93. The van der Waals surface area contributed by atoms with E-state index in [-0.39, 0.29) is 12.1 Å². The molecule has 3 rings (SSSR count). The van der Waals surface area contributed by atoms with E-state index in [1.807, 2.05) is 26.8 Å². The van der Waals surface area contributed by atoms with E-state index in [4.69, 9.17) is 9.47 Å². The number of amides is 1. The molecule has 1 fully saturated rings. The zero-order valence-corrected chi connectivity index (χ0v) is 14.6. The number of piperazine rings is 1. The Kier molecular flexibility index (Phi) is 4.27. The SMILES string of the molecule is CC#Cc1cnc2c(c1)OC[C@@H]1CN(C(=O)OC(C)(C)C)CCN21. The van der Waals surface area contributed by atoms with Crippen LogP contribution in [0.4, 0.5) is 10.6 Å². The molecule has 0 N–H and O–H groups in total. The molecule has 1 atom stereocenters. The number of hydrogen-bond acceptors (Lipinski definition) is 5. The monoisotopic (exact) mass is 329 g/mol. The molecule has 0 aliphatic carbocycles. The highest BCUT2D eigenvalue weighted by Gasteiger charge is 2.36. The number of aromatic nitrogens is 1. The fraction of sp³-hybridized carbons (Fsp3) is 0.556. The third kappa shape index (κ3) is 3.40. The van der Waals surface area contributed by atoms with Crippen molar-refractivity contribution in [2.24, 2.45) is 0 Å². The Balaban J connectivity index is 1.73. The van der Waals surface area contributed by atoms with Gasteiger partial charge in [0.2, 0.25) is 0 Å². The third-order valence-electron chi connectivity index (χ3n) is 3.94. The summed E-state index contributed by atoms with van der Waals surface area (Å²) in [5.41, 5.74) is 0.365. The zero-order chi connectivity index (χ0) is 17.3. The topological polar surface area (TPSA) is 54.9 Å². The van der Waals surface area contributed by atoms with Crippen molar-refractivity contribution in [2.75, 3.05) is 31.1 Å². The molecule has 1 aromatic rings. The van der Waals surface area contributed by atoms with Crippen LogP contribution in [0.2, 0.25) is 0 Å². The molecule has 0 radical (unpaired) electrons. The van der Waals surface area contributed by atoms with Gasteiger partial charge in [-0.2, -0.15) is 0 Å². The van der Waals surface area contributed by atoms with Crippen LogP contribution >= 0.6 is 0 Å². The zero-order valence-electron chi connectivity index (χ0n) is 14.6. The van der Waals surface area contributed by atoms with Crippen molar-refractivity contribution in [1.29, 1.82) is 0 Å². The molecule has 0 spiro atoms. The maximum absolute atomic E-state index is 12.3. The normalized spacial score (nSPS) is 19.4. The van der Waals surface area contributed by atoms with Gasteiger partial charge in [0.05, 0.1) is 6.04 Å². The number of anilines is 1. The lowest BCUT2D eigenvalue weighted by molar-refractivity contribution is 0.0194. The average molecular weight is 329 g/mol. The Hall–Kier alpha value is -2.42. The second kappa shape index (κ2) is 6.23. The summed E-state index contributed by atoms with van der Waals surface area (Å²) in [5, 5.41) is 0. The molecule has 1 amide bonds. The summed E-state index contributed by atoms with van der Waals surface area (Å²) < 4.78 is 11.3. The Morgan fingerprint density at radius 1 is 1.42 bits per heavy atom. The second-order valence-electron chi connectivity index (χ2n) is 7.01. The van der Waals surface area contributed by atoms with Crippen molar-refractivity contribution in [1.82, 2.24) is 9.88 Å². The minimum absolute atomic E-state index is 0.0920. The number of pyridine rings is 1. The van der Waals surface area contributed by atoms with Crippen LogP contribution in [-0.4, -0.2) is 53.9 Å². The van der Waals surface area contributed by atoms with Gasteiger partial charge in [-0.3, -0.25) is 0 Å². The van der Waals surface area contributed by atoms with Gasteiger partial charge in [-0.25, -0.2) is 9.78 Å². The summed E-state index contributed by atoms with van der Waals surface area (Å²) in [5.74, 6) is 7.45. The van der Waals surface area contributed by atoms with Gasteiger partial charge in [0.25, 0.3) is 0 Å². The summed E-state index contributed by atoms with van der Waals surface area (Å²) in [6.07, 6.45) is 1.50. The van der Waals surface area contributed by atoms with Crippen molar-refractivity contribution < 1.29 is 14.3 Å². The van der Waals surface area contributed by atoms with Crippen molar-refractivity contribution >= 4 is 11.9 Å². The number of rotatable bonds is 0. The van der Waals surface area contributed by atoms with Crippen LogP contribution in [0, 0.1) is 11.8 Å². The first kappa shape index (κ1) is 16.4. The lowest BCUT2D eigenvalue weighted by Crippen LogP contribution is -2.59. The van der Waals surface area contributed by atoms with Gasteiger partial charge in [0, 0.05) is 37.5 Å². The summed E-state index contributed by atoms with van der Waals surface area (Å²) in [6, 6.07) is 2.02. The fourth-order valence-electron chi connectivity index (χ4n) is 2.93. The number of carbonyl (C=O) groups is 1. The molecule has 6 nitrogen and oxygen atoms in total. The smallest absolute Gasteiger partial charge is 0.410 e. The summed E-state index contributed by atoms with van der Waals surface area (Å²) in [6.45, 7) is 9.86. The first-order valence-corrected chi connectivity index (χ1v) is 8.17. The molecular formula is C18H23N3O3. The quantitative estimate of drug-likeness (QED) is 0.684. The van der Waals surface area contributed by atoms with Crippen LogP contribution in [0.25, 0.3) is 0 Å². The first-order chi connectivity index (χ1) is 11.4. The molecule has 128 valence electrons. The minimum Gasteiger partial charge on any atom is -0.487 e. The number of nitrogens with zero attached hydrogens (tertiary/aromatic N) is 3. The van der Waals surface area contributed by atoms with E-state index in [2.05, 4.69) is 21.7 Å². The van der Waals surface area contributed by atoms with E-state index in [0.717, 1.165) is 17.1 Å². The first-order valence-electron chi connectivity index (χ1n) is 8.17. The van der Waals surface area contributed by atoms with E-state index < -0.39 is 5.60 Å².